The summed E-state index contributed by atoms with van der Waals surface area (Å²) in [4.78, 5) is 29.0. The Labute approximate surface area is 164 Å². The van der Waals surface area contributed by atoms with Gasteiger partial charge in [-0.3, -0.25) is 14.6 Å². The number of pyridine rings is 1. The van der Waals surface area contributed by atoms with Crippen molar-refractivity contribution in [1.29, 1.82) is 0 Å². The number of para-hydroxylation sites is 1. The molecule has 1 heterocycles. The number of hydrogen-bond acceptors (Lipinski definition) is 3. The van der Waals surface area contributed by atoms with Crippen LogP contribution in [0, 0.1) is 0 Å². The molecule has 2 N–H and O–H groups in total. The summed E-state index contributed by atoms with van der Waals surface area (Å²) in [5.74, 6) is -0.554. The molecule has 0 saturated heterocycles. The molecule has 0 fully saturated rings. The fourth-order valence-electron chi connectivity index (χ4n) is 2.90. The fourth-order valence-corrected chi connectivity index (χ4v) is 2.90. The number of benzene rings is 2. The molecule has 2 amide bonds. The van der Waals surface area contributed by atoms with Gasteiger partial charge in [-0.05, 0) is 42.2 Å². The zero-order valence-corrected chi connectivity index (χ0v) is 15.8. The molecule has 0 aliphatic heterocycles. The lowest BCUT2D eigenvalue weighted by Gasteiger charge is -2.10. The highest BCUT2D eigenvalue weighted by molar-refractivity contribution is 6.06. The third kappa shape index (κ3) is 5.04. The van der Waals surface area contributed by atoms with E-state index in [1.807, 2.05) is 61.5 Å². The van der Waals surface area contributed by atoms with E-state index in [1.54, 1.807) is 6.07 Å². The summed E-state index contributed by atoms with van der Waals surface area (Å²) < 4.78 is 0. The number of aromatic nitrogens is 1. The molecule has 1 aromatic heterocycles. The van der Waals surface area contributed by atoms with Crippen molar-refractivity contribution in [2.45, 2.75) is 19.8 Å². The molecule has 0 saturated carbocycles. The third-order valence-corrected chi connectivity index (χ3v) is 4.44. The van der Waals surface area contributed by atoms with Crippen LogP contribution in [0.3, 0.4) is 0 Å². The van der Waals surface area contributed by atoms with Gasteiger partial charge >= 0.3 is 0 Å². The number of anilines is 1. The van der Waals surface area contributed by atoms with Crippen molar-refractivity contribution >= 4 is 17.5 Å². The minimum absolute atomic E-state index is 0.226. The van der Waals surface area contributed by atoms with Crippen molar-refractivity contribution in [1.82, 2.24) is 10.3 Å². The molecular formula is C23H23N3O2. The molecular weight excluding hydrogens is 350 g/mol. The van der Waals surface area contributed by atoms with Gasteiger partial charge in [-0.2, -0.15) is 0 Å². The molecule has 5 nitrogen and oxygen atoms in total. The number of carbonyl (C=O) groups is 2. The molecule has 28 heavy (non-hydrogen) atoms. The van der Waals surface area contributed by atoms with E-state index in [9.17, 15) is 9.59 Å². The summed E-state index contributed by atoms with van der Waals surface area (Å²) in [5.41, 5.74) is 3.61. The number of rotatable bonds is 7. The van der Waals surface area contributed by atoms with Crippen LogP contribution in [0.15, 0.2) is 72.9 Å². The molecule has 3 rings (SSSR count). The van der Waals surface area contributed by atoms with E-state index in [0.29, 0.717) is 12.1 Å². The minimum Gasteiger partial charge on any atom is -0.350 e. The van der Waals surface area contributed by atoms with E-state index in [0.717, 1.165) is 29.7 Å². The average molecular weight is 373 g/mol. The summed E-state index contributed by atoms with van der Waals surface area (Å²) in [6.07, 6.45) is 3.04. The Morgan fingerprint density at radius 3 is 2.46 bits per heavy atom. The first kappa shape index (κ1) is 19.3. The van der Waals surface area contributed by atoms with Gasteiger partial charge in [0.1, 0.15) is 5.69 Å². The zero-order chi connectivity index (χ0) is 19.8. The Morgan fingerprint density at radius 2 is 1.68 bits per heavy atom. The maximum Gasteiger partial charge on any atom is 0.269 e. The van der Waals surface area contributed by atoms with Crippen LogP contribution >= 0.6 is 0 Å². The van der Waals surface area contributed by atoms with Crippen molar-refractivity contribution in [3.63, 3.8) is 0 Å². The summed E-state index contributed by atoms with van der Waals surface area (Å²) in [6, 6.07) is 20.7. The van der Waals surface area contributed by atoms with Crippen LogP contribution in [0.25, 0.3) is 0 Å². The zero-order valence-electron chi connectivity index (χ0n) is 15.8. The first-order valence-corrected chi connectivity index (χ1v) is 9.35. The Kier molecular flexibility index (Phi) is 6.52. The van der Waals surface area contributed by atoms with E-state index in [4.69, 9.17) is 0 Å². The van der Waals surface area contributed by atoms with Crippen LogP contribution in [0.2, 0.25) is 0 Å². The predicted octanol–water partition coefficient (Wildman–Crippen LogP) is 3.87. The molecule has 0 aliphatic carbocycles. The van der Waals surface area contributed by atoms with Gasteiger partial charge in [0.05, 0.1) is 0 Å². The van der Waals surface area contributed by atoms with Crippen LogP contribution in [0.5, 0.6) is 0 Å². The number of carbonyl (C=O) groups excluding carboxylic acids is 2. The van der Waals surface area contributed by atoms with Crippen LogP contribution in [-0.2, 0) is 12.8 Å². The van der Waals surface area contributed by atoms with Gasteiger partial charge in [-0.1, -0.05) is 55.5 Å². The summed E-state index contributed by atoms with van der Waals surface area (Å²) in [7, 11) is 0. The Hall–Kier alpha value is -3.47. The molecule has 0 atom stereocenters. The number of nitrogens with one attached hydrogen (secondary N) is 2. The van der Waals surface area contributed by atoms with Gasteiger partial charge in [0.2, 0.25) is 0 Å². The Morgan fingerprint density at radius 1 is 0.929 bits per heavy atom. The fraction of sp³-hybridized carbons (Fsp3) is 0.174. The molecule has 0 spiro atoms. The summed E-state index contributed by atoms with van der Waals surface area (Å²) in [5, 5.41) is 5.76. The third-order valence-electron chi connectivity index (χ3n) is 4.44. The van der Waals surface area contributed by atoms with Gasteiger partial charge in [0.25, 0.3) is 11.8 Å². The van der Waals surface area contributed by atoms with E-state index in [-0.39, 0.29) is 17.5 Å². The minimum atomic E-state index is -0.292. The van der Waals surface area contributed by atoms with E-state index >= 15 is 0 Å². The quantitative estimate of drug-likeness (QED) is 0.660. The Balaban J connectivity index is 1.62. The first-order valence-electron chi connectivity index (χ1n) is 9.35. The van der Waals surface area contributed by atoms with Gasteiger partial charge in [0.15, 0.2) is 0 Å². The number of amides is 2. The van der Waals surface area contributed by atoms with Crippen LogP contribution < -0.4 is 10.6 Å². The number of hydrogen-bond donors (Lipinski definition) is 2. The molecule has 2 aromatic carbocycles. The smallest absolute Gasteiger partial charge is 0.269 e. The lowest BCUT2D eigenvalue weighted by atomic mass is 10.1. The lowest BCUT2D eigenvalue weighted by molar-refractivity contribution is 0.0949. The van der Waals surface area contributed by atoms with Gasteiger partial charge in [-0.15, -0.1) is 0 Å². The van der Waals surface area contributed by atoms with Crippen LogP contribution in [-0.4, -0.2) is 23.3 Å². The van der Waals surface area contributed by atoms with Crippen molar-refractivity contribution in [3.8, 4) is 0 Å². The van der Waals surface area contributed by atoms with Crippen molar-refractivity contribution in [2.24, 2.45) is 0 Å². The van der Waals surface area contributed by atoms with E-state index in [2.05, 4.69) is 15.6 Å². The highest BCUT2D eigenvalue weighted by Gasteiger charge is 2.13. The van der Waals surface area contributed by atoms with Crippen molar-refractivity contribution < 1.29 is 9.59 Å². The lowest BCUT2D eigenvalue weighted by Crippen LogP contribution is -2.27. The molecule has 0 aliphatic rings. The molecule has 3 aromatic rings. The van der Waals surface area contributed by atoms with E-state index < -0.39 is 0 Å². The first-order chi connectivity index (χ1) is 13.7. The predicted molar refractivity (Wildman–Crippen MR) is 110 cm³/mol. The van der Waals surface area contributed by atoms with Gasteiger partial charge < -0.3 is 10.6 Å². The monoisotopic (exact) mass is 373 g/mol. The van der Waals surface area contributed by atoms with Gasteiger partial charge in [0, 0.05) is 24.0 Å². The maximum atomic E-state index is 12.6. The number of nitrogens with zero attached hydrogens (tertiary/aromatic N) is 1. The second-order valence-corrected chi connectivity index (χ2v) is 6.39. The topological polar surface area (TPSA) is 71.1 Å². The second kappa shape index (κ2) is 9.46. The Bertz CT molecular complexity index is 955. The summed E-state index contributed by atoms with van der Waals surface area (Å²) in [6.45, 7) is 2.54. The number of aryl methyl sites for hydroxylation is 1. The largest absolute Gasteiger partial charge is 0.350 e. The van der Waals surface area contributed by atoms with E-state index in [1.165, 1.54) is 12.3 Å². The van der Waals surface area contributed by atoms with Gasteiger partial charge in [-0.25, -0.2) is 0 Å². The highest BCUT2D eigenvalue weighted by atomic mass is 16.2. The highest BCUT2D eigenvalue weighted by Crippen LogP contribution is 2.16. The molecule has 5 heteroatoms. The average Bonchev–Trinajstić information content (AvgIpc) is 2.75. The molecule has 0 radical (unpaired) electrons. The maximum absolute atomic E-state index is 12.6. The second-order valence-electron chi connectivity index (χ2n) is 6.39. The normalized spacial score (nSPS) is 10.3. The summed E-state index contributed by atoms with van der Waals surface area (Å²) >= 11 is 0. The van der Waals surface area contributed by atoms with Crippen LogP contribution in [0.4, 0.5) is 5.69 Å². The standard InChI is InChI=1S/C23H23N3O2/c1-2-18-10-6-7-11-20(18)26-22(27)19-13-15-24-21(16-19)23(28)25-14-12-17-8-4-3-5-9-17/h3-11,13,15-16H,2,12,14H2,1H3,(H,25,28)(H,26,27). The van der Waals surface area contributed by atoms with Crippen LogP contribution in [0.1, 0.15) is 38.9 Å². The van der Waals surface area contributed by atoms with Crippen molar-refractivity contribution in [3.05, 3.63) is 95.3 Å². The molecule has 0 bridgehead atoms. The molecule has 0 unspecified atom stereocenters. The SMILES string of the molecule is CCc1ccccc1NC(=O)c1ccnc(C(=O)NCCc2ccccc2)c1. The molecule has 142 valence electrons. The van der Waals surface area contributed by atoms with Crippen molar-refractivity contribution in [2.75, 3.05) is 11.9 Å².